The maximum absolute atomic E-state index is 9.42. The van der Waals surface area contributed by atoms with Crippen LogP contribution in [0.3, 0.4) is 0 Å². The average Bonchev–Trinajstić information content (AvgIpc) is 2.83. The Labute approximate surface area is 118 Å². The van der Waals surface area contributed by atoms with Crippen molar-refractivity contribution in [1.29, 1.82) is 0 Å². The fraction of sp³-hybridized carbons (Fsp3) is 0.400. The van der Waals surface area contributed by atoms with Gasteiger partial charge >= 0.3 is 0 Å². The number of anilines is 1. The molecule has 0 atom stereocenters. The second kappa shape index (κ2) is 5.17. The molecule has 0 unspecified atom stereocenters. The molecular formula is C15H20N4O. The highest BCUT2D eigenvalue weighted by molar-refractivity contribution is 5.75. The highest BCUT2D eigenvalue weighted by Crippen LogP contribution is 2.32. The van der Waals surface area contributed by atoms with Crippen LogP contribution in [0.2, 0.25) is 0 Å². The number of hydrogen-bond acceptors (Lipinski definition) is 4. The Morgan fingerprint density at radius 1 is 1.20 bits per heavy atom. The van der Waals surface area contributed by atoms with Gasteiger partial charge in [0.25, 0.3) is 0 Å². The molecule has 0 spiro atoms. The zero-order chi connectivity index (χ0) is 14.1. The number of hydrogen-bond donors (Lipinski definition) is 2. The van der Waals surface area contributed by atoms with E-state index < -0.39 is 0 Å². The van der Waals surface area contributed by atoms with Gasteiger partial charge in [-0.15, -0.1) is 0 Å². The minimum atomic E-state index is 0.279. The standard InChI is InChI=1S/C15H20N4O/c1-18-15(11-2-4-13(20)5-3-11)14(10-17-18)19-8-6-12(16)7-9-19/h2-5,10,12,20H,6-9,16H2,1H3. The third-order valence-electron chi connectivity index (χ3n) is 3.94. The number of nitrogens with two attached hydrogens (primary N) is 1. The van der Waals surface area contributed by atoms with Gasteiger partial charge in [-0.05, 0) is 37.1 Å². The van der Waals surface area contributed by atoms with Gasteiger partial charge in [0.15, 0.2) is 0 Å². The first-order valence-corrected chi connectivity index (χ1v) is 6.97. The van der Waals surface area contributed by atoms with Crippen LogP contribution in [0.25, 0.3) is 11.3 Å². The van der Waals surface area contributed by atoms with Crippen molar-refractivity contribution < 1.29 is 5.11 Å². The van der Waals surface area contributed by atoms with Gasteiger partial charge in [0.05, 0.1) is 17.6 Å². The maximum Gasteiger partial charge on any atom is 0.115 e. The van der Waals surface area contributed by atoms with Gasteiger partial charge in [-0.3, -0.25) is 4.68 Å². The zero-order valence-electron chi connectivity index (χ0n) is 11.7. The molecule has 1 fully saturated rings. The molecule has 1 aromatic heterocycles. The second-order valence-electron chi connectivity index (χ2n) is 5.37. The lowest BCUT2D eigenvalue weighted by Gasteiger charge is -2.31. The Morgan fingerprint density at radius 3 is 2.50 bits per heavy atom. The van der Waals surface area contributed by atoms with E-state index >= 15 is 0 Å². The van der Waals surface area contributed by atoms with Crippen molar-refractivity contribution in [3.8, 4) is 17.0 Å². The first-order chi connectivity index (χ1) is 9.65. The fourth-order valence-electron chi connectivity index (χ4n) is 2.75. The molecule has 0 amide bonds. The molecule has 1 aliphatic rings. The van der Waals surface area contributed by atoms with E-state index in [0.717, 1.165) is 42.9 Å². The van der Waals surface area contributed by atoms with E-state index in [1.807, 2.05) is 30.1 Å². The number of aromatic nitrogens is 2. The quantitative estimate of drug-likeness (QED) is 0.873. The number of aryl methyl sites for hydroxylation is 1. The minimum Gasteiger partial charge on any atom is -0.508 e. The topological polar surface area (TPSA) is 67.3 Å². The summed E-state index contributed by atoms with van der Waals surface area (Å²) in [4.78, 5) is 2.35. The van der Waals surface area contributed by atoms with Crippen molar-refractivity contribution in [2.75, 3.05) is 18.0 Å². The van der Waals surface area contributed by atoms with Gasteiger partial charge in [-0.2, -0.15) is 5.10 Å². The molecule has 2 aromatic rings. The number of rotatable bonds is 2. The molecule has 1 aliphatic heterocycles. The van der Waals surface area contributed by atoms with Crippen LogP contribution in [0.15, 0.2) is 30.5 Å². The molecule has 3 N–H and O–H groups in total. The lowest BCUT2D eigenvalue weighted by molar-refractivity contribution is 0.475. The molecule has 0 bridgehead atoms. The predicted molar refractivity (Wildman–Crippen MR) is 79.7 cm³/mol. The molecule has 1 saturated heterocycles. The fourth-order valence-corrected chi connectivity index (χ4v) is 2.75. The van der Waals surface area contributed by atoms with Gasteiger partial charge < -0.3 is 15.7 Å². The van der Waals surface area contributed by atoms with Gasteiger partial charge in [0.2, 0.25) is 0 Å². The van der Waals surface area contributed by atoms with E-state index in [1.54, 1.807) is 12.1 Å². The Balaban J connectivity index is 1.95. The molecular weight excluding hydrogens is 252 g/mol. The summed E-state index contributed by atoms with van der Waals surface area (Å²) in [6.07, 6.45) is 3.95. The Bertz CT molecular complexity index is 582. The number of phenols is 1. The molecule has 2 heterocycles. The maximum atomic E-state index is 9.42. The van der Waals surface area contributed by atoms with Gasteiger partial charge in [-0.1, -0.05) is 0 Å². The summed E-state index contributed by atoms with van der Waals surface area (Å²) in [5, 5.41) is 13.8. The molecule has 0 saturated carbocycles. The smallest absolute Gasteiger partial charge is 0.115 e. The highest BCUT2D eigenvalue weighted by atomic mass is 16.3. The molecule has 1 aromatic carbocycles. The summed E-state index contributed by atoms with van der Waals surface area (Å²) in [5.41, 5.74) is 9.26. The van der Waals surface area contributed by atoms with Gasteiger partial charge in [0.1, 0.15) is 5.75 Å². The van der Waals surface area contributed by atoms with E-state index in [9.17, 15) is 5.11 Å². The van der Waals surface area contributed by atoms with E-state index in [0.29, 0.717) is 6.04 Å². The van der Waals surface area contributed by atoms with Gasteiger partial charge in [-0.25, -0.2) is 0 Å². The molecule has 3 rings (SSSR count). The van der Waals surface area contributed by atoms with Crippen LogP contribution in [0, 0.1) is 0 Å². The summed E-state index contributed by atoms with van der Waals surface area (Å²) >= 11 is 0. The Hall–Kier alpha value is -2.01. The van der Waals surface area contributed by atoms with Crippen molar-refractivity contribution in [3.05, 3.63) is 30.5 Å². The largest absolute Gasteiger partial charge is 0.508 e. The first kappa shape index (κ1) is 13.0. The summed E-state index contributed by atoms with van der Waals surface area (Å²) < 4.78 is 1.89. The zero-order valence-corrected chi connectivity index (χ0v) is 11.7. The molecule has 0 aliphatic carbocycles. The van der Waals surface area contributed by atoms with Crippen LogP contribution in [0.4, 0.5) is 5.69 Å². The van der Waals surface area contributed by atoms with Crippen LogP contribution in [0.1, 0.15) is 12.8 Å². The van der Waals surface area contributed by atoms with Crippen LogP contribution in [-0.2, 0) is 7.05 Å². The summed E-state index contributed by atoms with van der Waals surface area (Å²) in [5.74, 6) is 0.279. The van der Waals surface area contributed by atoms with Crippen LogP contribution < -0.4 is 10.6 Å². The van der Waals surface area contributed by atoms with E-state index in [-0.39, 0.29) is 5.75 Å². The lowest BCUT2D eigenvalue weighted by Crippen LogP contribution is -2.39. The summed E-state index contributed by atoms with van der Waals surface area (Å²) in [6.45, 7) is 1.94. The predicted octanol–water partition coefficient (Wildman–Crippen LogP) is 1.72. The number of benzene rings is 1. The summed E-state index contributed by atoms with van der Waals surface area (Å²) in [7, 11) is 1.95. The third-order valence-corrected chi connectivity index (χ3v) is 3.94. The normalized spacial score (nSPS) is 16.6. The third kappa shape index (κ3) is 2.36. The number of nitrogens with zero attached hydrogens (tertiary/aromatic N) is 3. The minimum absolute atomic E-state index is 0.279. The molecule has 20 heavy (non-hydrogen) atoms. The highest BCUT2D eigenvalue weighted by Gasteiger charge is 2.21. The van der Waals surface area contributed by atoms with E-state index in [1.165, 1.54) is 0 Å². The molecule has 0 radical (unpaired) electrons. The number of phenolic OH excluding ortho intramolecular Hbond substituents is 1. The molecule has 106 valence electrons. The van der Waals surface area contributed by atoms with E-state index in [2.05, 4.69) is 10.00 Å². The van der Waals surface area contributed by atoms with Crippen LogP contribution >= 0.6 is 0 Å². The SMILES string of the molecule is Cn1ncc(N2CCC(N)CC2)c1-c1ccc(O)cc1. The lowest BCUT2D eigenvalue weighted by atomic mass is 10.0. The monoisotopic (exact) mass is 272 g/mol. The Kier molecular flexibility index (Phi) is 3.36. The first-order valence-electron chi connectivity index (χ1n) is 6.97. The van der Waals surface area contributed by atoms with Gasteiger partial charge in [0, 0.05) is 31.7 Å². The van der Waals surface area contributed by atoms with E-state index in [4.69, 9.17) is 5.73 Å². The number of piperidine rings is 1. The summed E-state index contributed by atoms with van der Waals surface area (Å²) in [6, 6.07) is 7.58. The van der Waals surface area contributed by atoms with Crippen LogP contribution in [-0.4, -0.2) is 34.0 Å². The average molecular weight is 272 g/mol. The van der Waals surface area contributed by atoms with Crippen molar-refractivity contribution in [1.82, 2.24) is 9.78 Å². The van der Waals surface area contributed by atoms with Crippen molar-refractivity contribution in [2.24, 2.45) is 12.8 Å². The van der Waals surface area contributed by atoms with Crippen molar-refractivity contribution in [2.45, 2.75) is 18.9 Å². The molecule has 5 nitrogen and oxygen atoms in total. The van der Waals surface area contributed by atoms with Crippen LogP contribution in [0.5, 0.6) is 5.75 Å². The number of aromatic hydroxyl groups is 1. The molecule has 5 heteroatoms. The Morgan fingerprint density at radius 2 is 1.85 bits per heavy atom. The van der Waals surface area contributed by atoms with Crippen molar-refractivity contribution in [3.63, 3.8) is 0 Å². The van der Waals surface area contributed by atoms with Crippen molar-refractivity contribution >= 4 is 5.69 Å². The second-order valence-corrected chi connectivity index (χ2v) is 5.37.